The maximum Gasteiger partial charge on any atom is 0.251 e. The molecule has 2 aromatic rings. The summed E-state index contributed by atoms with van der Waals surface area (Å²) < 4.78 is 11.3. The molecular formula is C19H20ClNO3. The van der Waals surface area contributed by atoms with Gasteiger partial charge in [0.15, 0.2) is 0 Å². The van der Waals surface area contributed by atoms with Gasteiger partial charge in [-0.05, 0) is 50.2 Å². The molecule has 1 heterocycles. The van der Waals surface area contributed by atoms with E-state index < -0.39 is 0 Å². The summed E-state index contributed by atoms with van der Waals surface area (Å²) in [5, 5.41) is 3.71. The molecule has 0 aromatic heterocycles. The first-order valence-corrected chi connectivity index (χ1v) is 8.19. The van der Waals surface area contributed by atoms with E-state index in [0.717, 1.165) is 17.1 Å². The van der Waals surface area contributed by atoms with Crippen LogP contribution in [0.15, 0.2) is 42.5 Å². The summed E-state index contributed by atoms with van der Waals surface area (Å²) >= 11 is 5.88. The first-order chi connectivity index (χ1) is 11.4. The second kappa shape index (κ2) is 6.36. The van der Waals surface area contributed by atoms with Crippen molar-refractivity contribution in [1.82, 2.24) is 5.32 Å². The standard InChI is InChI=1S/C19H20ClNO3/c1-19(2)11-16(15-9-8-14(23-3)10-17(15)24-19)21-18(22)12-4-6-13(20)7-5-12/h4-10,16H,11H2,1-3H3,(H,21,22)/t16-/m0/s1. The average Bonchev–Trinajstić information content (AvgIpc) is 2.53. The van der Waals surface area contributed by atoms with Crippen molar-refractivity contribution < 1.29 is 14.3 Å². The van der Waals surface area contributed by atoms with Crippen LogP contribution >= 0.6 is 11.6 Å². The van der Waals surface area contributed by atoms with Gasteiger partial charge in [-0.15, -0.1) is 0 Å². The molecule has 2 aromatic carbocycles. The second-order valence-electron chi connectivity index (χ2n) is 6.50. The van der Waals surface area contributed by atoms with Crippen LogP contribution in [0.3, 0.4) is 0 Å². The summed E-state index contributed by atoms with van der Waals surface area (Å²) in [6, 6.07) is 12.4. The van der Waals surface area contributed by atoms with Crippen LogP contribution in [0, 0.1) is 0 Å². The lowest BCUT2D eigenvalue weighted by atomic mass is 9.89. The molecule has 0 spiro atoms. The highest BCUT2D eigenvalue weighted by molar-refractivity contribution is 6.30. The minimum Gasteiger partial charge on any atom is -0.497 e. The number of fused-ring (bicyclic) bond motifs is 1. The summed E-state index contributed by atoms with van der Waals surface area (Å²) in [4.78, 5) is 12.5. The molecule has 0 unspecified atom stereocenters. The van der Waals surface area contributed by atoms with Gasteiger partial charge >= 0.3 is 0 Å². The lowest BCUT2D eigenvalue weighted by Crippen LogP contribution is -2.41. The third-order valence-electron chi connectivity index (χ3n) is 4.09. The van der Waals surface area contributed by atoms with Gasteiger partial charge < -0.3 is 14.8 Å². The molecular weight excluding hydrogens is 326 g/mol. The van der Waals surface area contributed by atoms with Gasteiger partial charge in [0, 0.05) is 28.6 Å². The summed E-state index contributed by atoms with van der Waals surface area (Å²) in [5.41, 5.74) is 1.16. The smallest absolute Gasteiger partial charge is 0.251 e. The maximum absolute atomic E-state index is 12.5. The summed E-state index contributed by atoms with van der Waals surface area (Å²) in [5.74, 6) is 1.34. The van der Waals surface area contributed by atoms with Gasteiger partial charge in [0.05, 0.1) is 13.2 Å². The van der Waals surface area contributed by atoms with Gasteiger partial charge in [0.1, 0.15) is 17.1 Å². The number of methoxy groups -OCH3 is 1. The van der Waals surface area contributed by atoms with Crippen LogP contribution in [0.4, 0.5) is 0 Å². The number of ether oxygens (including phenoxy) is 2. The zero-order valence-electron chi connectivity index (χ0n) is 13.9. The van der Waals surface area contributed by atoms with Gasteiger partial charge in [-0.1, -0.05) is 11.6 Å². The summed E-state index contributed by atoms with van der Waals surface area (Å²) in [7, 11) is 1.62. The molecule has 0 saturated carbocycles. The van der Waals surface area contributed by atoms with Crippen LogP contribution in [0.1, 0.15) is 42.2 Å². The Hall–Kier alpha value is -2.20. The Morgan fingerprint density at radius 1 is 1.25 bits per heavy atom. The molecule has 0 fully saturated rings. The Bertz CT molecular complexity index is 756. The van der Waals surface area contributed by atoms with Crippen molar-refractivity contribution in [3.05, 3.63) is 58.6 Å². The van der Waals surface area contributed by atoms with Crippen molar-refractivity contribution in [2.75, 3.05) is 7.11 Å². The Kier molecular flexibility index (Phi) is 4.41. The molecule has 1 amide bonds. The van der Waals surface area contributed by atoms with Gasteiger partial charge in [-0.25, -0.2) is 0 Å². The van der Waals surface area contributed by atoms with Gasteiger partial charge in [-0.2, -0.15) is 0 Å². The zero-order chi connectivity index (χ0) is 17.3. The zero-order valence-corrected chi connectivity index (χ0v) is 14.7. The van der Waals surface area contributed by atoms with E-state index in [9.17, 15) is 4.79 Å². The number of benzene rings is 2. The van der Waals surface area contributed by atoms with E-state index in [1.807, 2.05) is 32.0 Å². The van der Waals surface area contributed by atoms with Crippen LogP contribution < -0.4 is 14.8 Å². The third kappa shape index (κ3) is 3.49. The quantitative estimate of drug-likeness (QED) is 0.898. The minimum absolute atomic E-state index is 0.127. The van der Waals surface area contributed by atoms with Gasteiger partial charge in [0.2, 0.25) is 0 Å². The van der Waals surface area contributed by atoms with Gasteiger partial charge in [0.25, 0.3) is 5.91 Å². The van der Waals surface area contributed by atoms with E-state index in [-0.39, 0.29) is 17.6 Å². The molecule has 4 nitrogen and oxygen atoms in total. The molecule has 1 N–H and O–H groups in total. The highest BCUT2D eigenvalue weighted by atomic mass is 35.5. The number of hydrogen-bond acceptors (Lipinski definition) is 3. The highest BCUT2D eigenvalue weighted by Crippen LogP contribution is 2.41. The van der Waals surface area contributed by atoms with E-state index in [2.05, 4.69) is 5.32 Å². The lowest BCUT2D eigenvalue weighted by molar-refractivity contribution is 0.0617. The molecule has 0 saturated heterocycles. The molecule has 24 heavy (non-hydrogen) atoms. The Labute approximate surface area is 146 Å². The van der Waals surface area contributed by atoms with Crippen molar-refractivity contribution in [3.63, 3.8) is 0 Å². The average molecular weight is 346 g/mol. The molecule has 0 aliphatic carbocycles. The van der Waals surface area contributed by atoms with Gasteiger partial charge in [-0.3, -0.25) is 4.79 Å². The monoisotopic (exact) mass is 345 g/mol. The fourth-order valence-corrected chi connectivity index (χ4v) is 3.06. The third-order valence-corrected chi connectivity index (χ3v) is 4.34. The van der Waals surface area contributed by atoms with E-state index in [1.165, 1.54) is 0 Å². The largest absolute Gasteiger partial charge is 0.497 e. The second-order valence-corrected chi connectivity index (χ2v) is 6.94. The van der Waals surface area contributed by atoms with Crippen LogP contribution in [-0.2, 0) is 0 Å². The Morgan fingerprint density at radius 3 is 2.62 bits per heavy atom. The molecule has 1 aliphatic heterocycles. The van der Waals surface area contributed by atoms with Crippen molar-refractivity contribution in [3.8, 4) is 11.5 Å². The lowest BCUT2D eigenvalue weighted by Gasteiger charge is -2.38. The number of hydrogen-bond donors (Lipinski definition) is 1. The summed E-state index contributed by atoms with van der Waals surface area (Å²) in [6.07, 6.45) is 0.686. The number of halogens is 1. The van der Waals surface area contributed by atoms with Crippen LogP contribution in [0.25, 0.3) is 0 Å². The first kappa shape index (κ1) is 16.7. The SMILES string of the molecule is COc1ccc2c(c1)OC(C)(C)C[C@@H]2NC(=O)c1ccc(Cl)cc1. The number of rotatable bonds is 3. The summed E-state index contributed by atoms with van der Waals surface area (Å²) in [6.45, 7) is 4.02. The minimum atomic E-state index is -0.378. The normalized spacial score (nSPS) is 18.2. The van der Waals surface area contributed by atoms with Crippen molar-refractivity contribution in [2.24, 2.45) is 0 Å². The molecule has 1 aliphatic rings. The van der Waals surface area contributed by atoms with E-state index >= 15 is 0 Å². The molecule has 126 valence electrons. The maximum atomic E-state index is 12.5. The number of amides is 1. The van der Waals surface area contributed by atoms with Crippen molar-refractivity contribution in [1.29, 1.82) is 0 Å². The van der Waals surface area contributed by atoms with E-state index in [0.29, 0.717) is 17.0 Å². The fraction of sp³-hybridized carbons (Fsp3) is 0.316. The number of carbonyl (C=O) groups excluding carboxylic acids is 1. The molecule has 5 heteroatoms. The number of nitrogens with one attached hydrogen (secondary N) is 1. The first-order valence-electron chi connectivity index (χ1n) is 7.81. The Morgan fingerprint density at radius 2 is 1.96 bits per heavy atom. The highest BCUT2D eigenvalue weighted by Gasteiger charge is 2.34. The topological polar surface area (TPSA) is 47.6 Å². The fourth-order valence-electron chi connectivity index (χ4n) is 2.93. The molecule has 3 rings (SSSR count). The van der Waals surface area contributed by atoms with E-state index in [1.54, 1.807) is 31.4 Å². The molecule has 1 atom stereocenters. The number of carbonyl (C=O) groups is 1. The predicted molar refractivity (Wildman–Crippen MR) is 94.0 cm³/mol. The van der Waals surface area contributed by atoms with Crippen molar-refractivity contribution in [2.45, 2.75) is 31.9 Å². The molecule has 0 radical (unpaired) electrons. The van der Waals surface area contributed by atoms with Crippen LogP contribution in [-0.4, -0.2) is 18.6 Å². The molecule has 0 bridgehead atoms. The van der Waals surface area contributed by atoms with E-state index in [4.69, 9.17) is 21.1 Å². The van der Waals surface area contributed by atoms with Crippen molar-refractivity contribution >= 4 is 17.5 Å². The Balaban J connectivity index is 1.88. The van der Waals surface area contributed by atoms with Crippen LogP contribution in [0.5, 0.6) is 11.5 Å². The van der Waals surface area contributed by atoms with Crippen LogP contribution in [0.2, 0.25) is 5.02 Å². The predicted octanol–water partition coefficient (Wildman–Crippen LogP) is 4.38.